The van der Waals surface area contributed by atoms with Crippen molar-refractivity contribution in [2.24, 2.45) is 0 Å². The predicted molar refractivity (Wildman–Crippen MR) is 88.5 cm³/mol. The van der Waals surface area contributed by atoms with Gasteiger partial charge >= 0.3 is 0 Å². The van der Waals surface area contributed by atoms with E-state index in [0.717, 1.165) is 17.0 Å². The number of nitrogens with zero attached hydrogens (tertiary/aromatic N) is 1. The predicted octanol–water partition coefficient (Wildman–Crippen LogP) is 3.15. The lowest BCUT2D eigenvalue weighted by Crippen LogP contribution is -2.24. The molecule has 0 aliphatic carbocycles. The van der Waals surface area contributed by atoms with Crippen LogP contribution < -0.4 is 10.1 Å². The van der Waals surface area contributed by atoms with Crippen LogP contribution >= 0.6 is 0 Å². The van der Waals surface area contributed by atoms with Crippen molar-refractivity contribution in [3.63, 3.8) is 0 Å². The van der Waals surface area contributed by atoms with Gasteiger partial charge in [0.15, 0.2) is 5.89 Å². The zero-order valence-corrected chi connectivity index (χ0v) is 14.4. The van der Waals surface area contributed by atoms with Gasteiger partial charge in [-0.1, -0.05) is 39.0 Å². The van der Waals surface area contributed by atoms with Crippen molar-refractivity contribution in [3.8, 4) is 5.75 Å². The molecule has 0 aliphatic rings. The maximum atomic E-state index is 12.2. The highest BCUT2D eigenvalue weighted by molar-refractivity contribution is 5.78. The van der Waals surface area contributed by atoms with Crippen LogP contribution in [0.2, 0.25) is 0 Å². The summed E-state index contributed by atoms with van der Waals surface area (Å²) in [4.78, 5) is 16.6. The van der Waals surface area contributed by atoms with Gasteiger partial charge in [0.05, 0.1) is 19.2 Å². The SMILES string of the molecule is COc1ccccc1CNC(=O)Cc1oc(C(C)(C)C)nc1C. The van der Waals surface area contributed by atoms with E-state index in [2.05, 4.69) is 10.3 Å². The summed E-state index contributed by atoms with van der Waals surface area (Å²) in [7, 11) is 1.62. The molecule has 5 nitrogen and oxygen atoms in total. The highest BCUT2D eigenvalue weighted by Gasteiger charge is 2.23. The minimum Gasteiger partial charge on any atom is -0.496 e. The molecular weight excluding hydrogens is 292 g/mol. The number of para-hydroxylation sites is 1. The number of carbonyl (C=O) groups excluding carboxylic acids is 1. The third kappa shape index (κ3) is 4.34. The van der Waals surface area contributed by atoms with Gasteiger partial charge in [0.25, 0.3) is 0 Å². The highest BCUT2D eigenvalue weighted by atomic mass is 16.5. The largest absolute Gasteiger partial charge is 0.496 e. The minimum atomic E-state index is -0.170. The summed E-state index contributed by atoms with van der Waals surface area (Å²) in [6.07, 6.45) is 0.185. The molecule has 0 spiro atoms. The Bertz CT molecular complexity index is 684. The first-order chi connectivity index (χ1) is 10.8. The molecule has 0 atom stereocenters. The lowest BCUT2D eigenvalue weighted by molar-refractivity contribution is -0.120. The Hall–Kier alpha value is -2.30. The molecule has 23 heavy (non-hydrogen) atoms. The normalized spacial score (nSPS) is 11.3. The number of benzene rings is 1. The number of methoxy groups -OCH3 is 1. The quantitative estimate of drug-likeness (QED) is 0.920. The van der Waals surface area contributed by atoms with Crippen LogP contribution in [0.25, 0.3) is 0 Å². The van der Waals surface area contributed by atoms with Gasteiger partial charge in [0, 0.05) is 17.5 Å². The van der Waals surface area contributed by atoms with E-state index >= 15 is 0 Å². The third-order valence-corrected chi connectivity index (χ3v) is 3.52. The lowest BCUT2D eigenvalue weighted by atomic mass is 9.97. The fourth-order valence-corrected chi connectivity index (χ4v) is 2.16. The molecule has 1 aromatic carbocycles. The van der Waals surface area contributed by atoms with Crippen molar-refractivity contribution in [3.05, 3.63) is 47.2 Å². The number of hydrogen-bond donors (Lipinski definition) is 1. The van der Waals surface area contributed by atoms with Crippen LogP contribution in [0.15, 0.2) is 28.7 Å². The Balaban J connectivity index is 1.99. The molecule has 5 heteroatoms. The fourth-order valence-electron chi connectivity index (χ4n) is 2.16. The topological polar surface area (TPSA) is 64.4 Å². The van der Waals surface area contributed by atoms with Gasteiger partial charge in [-0.25, -0.2) is 4.98 Å². The van der Waals surface area contributed by atoms with E-state index in [4.69, 9.17) is 9.15 Å². The van der Waals surface area contributed by atoms with Crippen molar-refractivity contribution >= 4 is 5.91 Å². The minimum absolute atomic E-state index is 0.101. The summed E-state index contributed by atoms with van der Waals surface area (Å²) in [5.74, 6) is 1.93. The Morgan fingerprint density at radius 3 is 2.61 bits per heavy atom. The van der Waals surface area contributed by atoms with Crippen LogP contribution in [-0.2, 0) is 23.2 Å². The standard InChI is InChI=1S/C18H24N2O3/c1-12-15(23-17(20-12)18(2,3)4)10-16(21)19-11-13-8-6-7-9-14(13)22-5/h6-9H,10-11H2,1-5H3,(H,19,21). The van der Waals surface area contributed by atoms with E-state index in [1.807, 2.05) is 52.0 Å². The summed E-state index contributed by atoms with van der Waals surface area (Å²) in [6, 6.07) is 7.62. The molecule has 1 aromatic heterocycles. The third-order valence-electron chi connectivity index (χ3n) is 3.52. The van der Waals surface area contributed by atoms with E-state index in [-0.39, 0.29) is 17.7 Å². The molecule has 1 amide bonds. The number of amides is 1. The number of nitrogens with one attached hydrogen (secondary N) is 1. The van der Waals surface area contributed by atoms with Crippen molar-refractivity contribution < 1.29 is 13.9 Å². The average Bonchev–Trinajstić information content (AvgIpc) is 2.86. The number of ether oxygens (including phenoxy) is 1. The summed E-state index contributed by atoms with van der Waals surface area (Å²) >= 11 is 0. The van der Waals surface area contributed by atoms with Crippen molar-refractivity contribution in [2.45, 2.75) is 46.1 Å². The molecule has 2 rings (SSSR count). The Kier molecular flexibility index (Phi) is 5.08. The van der Waals surface area contributed by atoms with Crippen LogP contribution in [0, 0.1) is 6.92 Å². The molecule has 2 aromatic rings. The zero-order valence-electron chi connectivity index (χ0n) is 14.4. The van der Waals surface area contributed by atoms with Crippen LogP contribution in [-0.4, -0.2) is 18.0 Å². The molecule has 0 saturated heterocycles. The van der Waals surface area contributed by atoms with Crippen LogP contribution in [0.5, 0.6) is 5.75 Å². The number of rotatable bonds is 5. The van der Waals surface area contributed by atoms with E-state index in [1.54, 1.807) is 7.11 Å². The number of aromatic nitrogens is 1. The average molecular weight is 316 g/mol. The van der Waals surface area contributed by atoms with E-state index in [1.165, 1.54) is 0 Å². The highest BCUT2D eigenvalue weighted by Crippen LogP contribution is 2.24. The zero-order chi connectivity index (χ0) is 17.0. The van der Waals surface area contributed by atoms with Crippen molar-refractivity contribution in [2.75, 3.05) is 7.11 Å². The van der Waals surface area contributed by atoms with Gasteiger partial charge in [-0.15, -0.1) is 0 Å². The second kappa shape index (κ2) is 6.86. The number of oxazole rings is 1. The van der Waals surface area contributed by atoms with Gasteiger partial charge in [0.2, 0.25) is 5.91 Å². The lowest BCUT2D eigenvalue weighted by Gasteiger charge is -2.12. The molecule has 0 saturated carbocycles. The van der Waals surface area contributed by atoms with Crippen molar-refractivity contribution in [1.29, 1.82) is 0 Å². The molecular formula is C18H24N2O3. The monoisotopic (exact) mass is 316 g/mol. The van der Waals surface area contributed by atoms with E-state index < -0.39 is 0 Å². The first kappa shape index (κ1) is 17.1. The molecule has 0 aliphatic heterocycles. The fraction of sp³-hybridized carbons (Fsp3) is 0.444. The van der Waals surface area contributed by atoms with E-state index in [9.17, 15) is 4.79 Å². The summed E-state index contributed by atoms with van der Waals surface area (Å²) in [5.41, 5.74) is 1.53. The Morgan fingerprint density at radius 2 is 2.00 bits per heavy atom. The molecule has 0 radical (unpaired) electrons. The van der Waals surface area contributed by atoms with Crippen LogP contribution in [0.4, 0.5) is 0 Å². The maximum absolute atomic E-state index is 12.2. The summed E-state index contributed by atoms with van der Waals surface area (Å²) in [5, 5.41) is 2.89. The van der Waals surface area contributed by atoms with Gasteiger partial charge in [0.1, 0.15) is 11.5 Å². The van der Waals surface area contributed by atoms with Gasteiger partial charge in [-0.3, -0.25) is 4.79 Å². The molecule has 0 unspecified atom stereocenters. The number of hydrogen-bond acceptors (Lipinski definition) is 4. The van der Waals surface area contributed by atoms with Gasteiger partial charge < -0.3 is 14.5 Å². The molecule has 0 fully saturated rings. The smallest absolute Gasteiger partial charge is 0.227 e. The second-order valence-electron chi connectivity index (χ2n) is 6.54. The number of aryl methyl sites for hydroxylation is 1. The Labute approximate surface area is 137 Å². The van der Waals surface area contributed by atoms with Gasteiger partial charge in [-0.2, -0.15) is 0 Å². The van der Waals surface area contributed by atoms with E-state index in [0.29, 0.717) is 18.2 Å². The molecule has 0 bridgehead atoms. The van der Waals surface area contributed by atoms with Crippen LogP contribution in [0.1, 0.15) is 43.7 Å². The van der Waals surface area contributed by atoms with Crippen molar-refractivity contribution in [1.82, 2.24) is 10.3 Å². The van der Waals surface area contributed by atoms with Crippen LogP contribution in [0.3, 0.4) is 0 Å². The number of carbonyl (C=O) groups is 1. The first-order valence-electron chi connectivity index (χ1n) is 7.66. The first-order valence-corrected chi connectivity index (χ1v) is 7.66. The second-order valence-corrected chi connectivity index (χ2v) is 6.54. The Morgan fingerprint density at radius 1 is 1.30 bits per heavy atom. The molecule has 124 valence electrons. The summed E-state index contributed by atoms with van der Waals surface area (Å²) < 4.78 is 11.0. The molecule has 1 heterocycles. The van der Waals surface area contributed by atoms with Gasteiger partial charge in [-0.05, 0) is 13.0 Å². The maximum Gasteiger partial charge on any atom is 0.227 e. The summed E-state index contributed by atoms with van der Waals surface area (Å²) in [6.45, 7) is 8.38. The molecule has 1 N–H and O–H groups in total.